The Morgan fingerprint density at radius 3 is 2.90 bits per heavy atom. The first-order chi connectivity index (χ1) is 10.2. The van der Waals surface area contributed by atoms with Crippen molar-refractivity contribution >= 4 is 16.6 Å². The van der Waals surface area contributed by atoms with E-state index in [-0.39, 0.29) is 11.6 Å². The lowest BCUT2D eigenvalue weighted by atomic mass is 10.1. The van der Waals surface area contributed by atoms with E-state index < -0.39 is 0 Å². The molecule has 1 atom stereocenters. The molecule has 1 aromatic heterocycles. The molecule has 0 amide bonds. The molecule has 1 aliphatic rings. The van der Waals surface area contributed by atoms with Crippen molar-refractivity contribution in [1.82, 2.24) is 9.88 Å². The molecule has 2 N–H and O–H groups in total. The van der Waals surface area contributed by atoms with Crippen LogP contribution in [0.1, 0.15) is 6.92 Å². The standard InChI is InChI=1S/C16H21N3O2/c1-12(11-19-6-8-21-9-7-19)17-15-10-13-4-2-3-5-14(13)16(20)18-15/h2-5,10,12H,6-9,11H2,1H3,(H2,17,18,20). The summed E-state index contributed by atoms with van der Waals surface area (Å²) in [6.45, 7) is 6.63. The smallest absolute Gasteiger partial charge is 0.257 e. The number of pyridine rings is 1. The molecule has 0 radical (unpaired) electrons. The summed E-state index contributed by atoms with van der Waals surface area (Å²) in [5.41, 5.74) is -0.0471. The van der Waals surface area contributed by atoms with Gasteiger partial charge in [-0.1, -0.05) is 18.2 Å². The molecule has 1 aliphatic heterocycles. The van der Waals surface area contributed by atoms with Gasteiger partial charge in [0.25, 0.3) is 5.56 Å². The van der Waals surface area contributed by atoms with Crippen LogP contribution in [0.4, 0.5) is 5.82 Å². The van der Waals surface area contributed by atoms with Crippen molar-refractivity contribution < 1.29 is 4.74 Å². The number of anilines is 1. The summed E-state index contributed by atoms with van der Waals surface area (Å²) in [7, 11) is 0. The normalized spacial score (nSPS) is 17.8. The molecule has 0 saturated carbocycles. The molecule has 21 heavy (non-hydrogen) atoms. The number of hydrogen-bond donors (Lipinski definition) is 2. The summed E-state index contributed by atoms with van der Waals surface area (Å²) in [6.07, 6.45) is 0. The van der Waals surface area contributed by atoms with Crippen molar-refractivity contribution in [3.05, 3.63) is 40.7 Å². The quantitative estimate of drug-likeness (QED) is 0.898. The van der Waals surface area contributed by atoms with Gasteiger partial charge in [-0.15, -0.1) is 0 Å². The zero-order chi connectivity index (χ0) is 14.7. The minimum Gasteiger partial charge on any atom is -0.379 e. The van der Waals surface area contributed by atoms with E-state index >= 15 is 0 Å². The van der Waals surface area contributed by atoms with Crippen LogP contribution in [0.2, 0.25) is 0 Å². The van der Waals surface area contributed by atoms with E-state index in [1.165, 1.54) is 0 Å². The first kappa shape index (κ1) is 14.1. The first-order valence-corrected chi connectivity index (χ1v) is 7.41. The second-order valence-corrected chi connectivity index (χ2v) is 5.56. The topological polar surface area (TPSA) is 57.4 Å². The monoisotopic (exact) mass is 287 g/mol. The molecule has 3 rings (SSSR count). The van der Waals surface area contributed by atoms with Gasteiger partial charge >= 0.3 is 0 Å². The van der Waals surface area contributed by atoms with Crippen LogP contribution < -0.4 is 10.9 Å². The third kappa shape index (κ3) is 3.43. The molecular formula is C16H21N3O2. The van der Waals surface area contributed by atoms with E-state index in [9.17, 15) is 4.79 Å². The van der Waals surface area contributed by atoms with Crippen LogP contribution in [0.3, 0.4) is 0 Å². The number of benzene rings is 1. The number of rotatable bonds is 4. The van der Waals surface area contributed by atoms with Gasteiger partial charge in [0.05, 0.1) is 13.2 Å². The number of fused-ring (bicyclic) bond motifs is 1. The molecule has 2 aromatic rings. The van der Waals surface area contributed by atoms with Crippen molar-refractivity contribution in [1.29, 1.82) is 0 Å². The fraction of sp³-hybridized carbons (Fsp3) is 0.438. The zero-order valence-electron chi connectivity index (χ0n) is 12.3. The lowest BCUT2D eigenvalue weighted by Gasteiger charge is -2.29. The predicted molar refractivity (Wildman–Crippen MR) is 84.9 cm³/mol. The summed E-state index contributed by atoms with van der Waals surface area (Å²) < 4.78 is 5.35. The van der Waals surface area contributed by atoms with Gasteiger partial charge < -0.3 is 15.0 Å². The largest absolute Gasteiger partial charge is 0.379 e. The summed E-state index contributed by atoms with van der Waals surface area (Å²) >= 11 is 0. The van der Waals surface area contributed by atoms with E-state index in [1.807, 2.05) is 30.3 Å². The van der Waals surface area contributed by atoms with E-state index in [0.29, 0.717) is 0 Å². The van der Waals surface area contributed by atoms with Crippen LogP contribution in [0.25, 0.3) is 10.8 Å². The molecule has 1 aromatic carbocycles. The van der Waals surface area contributed by atoms with E-state index in [4.69, 9.17) is 4.74 Å². The Labute approximate surface area is 123 Å². The molecule has 112 valence electrons. The van der Waals surface area contributed by atoms with Crippen molar-refractivity contribution in [2.75, 3.05) is 38.2 Å². The highest BCUT2D eigenvalue weighted by atomic mass is 16.5. The maximum absolute atomic E-state index is 12.0. The van der Waals surface area contributed by atoms with Crippen molar-refractivity contribution in [2.45, 2.75) is 13.0 Å². The van der Waals surface area contributed by atoms with Crippen molar-refractivity contribution in [2.24, 2.45) is 0 Å². The molecule has 0 bridgehead atoms. The molecule has 0 spiro atoms. The van der Waals surface area contributed by atoms with Crippen LogP contribution in [-0.4, -0.2) is 48.8 Å². The minimum absolute atomic E-state index is 0.0471. The number of aromatic nitrogens is 1. The van der Waals surface area contributed by atoms with Gasteiger partial charge in [0.15, 0.2) is 0 Å². The molecule has 0 aliphatic carbocycles. The van der Waals surface area contributed by atoms with Crippen LogP contribution in [0, 0.1) is 0 Å². The van der Waals surface area contributed by atoms with Crippen LogP contribution in [0.15, 0.2) is 35.1 Å². The SMILES string of the molecule is CC(CN1CCOCC1)Nc1cc2ccccc2c(=O)[nH]1. The number of H-pyrrole nitrogens is 1. The van der Waals surface area contributed by atoms with Gasteiger partial charge in [-0.05, 0) is 24.4 Å². The van der Waals surface area contributed by atoms with E-state index in [2.05, 4.69) is 22.1 Å². The molecule has 1 saturated heterocycles. The summed E-state index contributed by atoms with van der Waals surface area (Å²) in [4.78, 5) is 17.3. The number of aromatic amines is 1. The van der Waals surface area contributed by atoms with Gasteiger partial charge in [0, 0.05) is 31.1 Å². The number of ether oxygens (including phenoxy) is 1. The van der Waals surface area contributed by atoms with E-state index in [1.54, 1.807) is 0 Å². The van der Waals surface area contributed by atoms with Crippen LogP contribution in [0.5, 0.6) is 0 Å². The lowest BCUT2D eigenvalue weighted by Crippen LogP contribution is -2.42. The zero-order valence-corrected chi connectivity index (χ0v) is 12.3. The number of nitrogens with one attached hydrogen (secondary N) is 2. The molecule has 5 heteroatoms. The molecule has 1 fully saturated rings. The molecule has 5 nitrogen and oxygen atoms in total. The molecular weight excluding hydrogens is 266 g/mol. The van der Waals surface area contributed by atoms with Crippen LogP contribution in [-0.2, 0) is 4.74 Å². The average Bonchev–Trinajstić information content (AvgIpc) is 2.48. The van der Waals surface area contributed by atoms with Crippen molar-refractivity contribution in [3.63, 3.8) is 0 Å². The second-order valence-electron chi connectivity index (χ2n) is 5.56. The number of morpholine rings is 1. The van der Waals surface area contributed by atoms with Crippen LogP contribution >= 0.6 is 0 Å². The first-order valence-electron chi connectivity index (χ1n) is 7.41. The number of nitrogens with zero attached hydrogens (tertiary/aromatic N) is 1. The minimum atomic E-state index is -0.0471. The Morgan fingerprint density at radius 1 is 1.33 bits per heavy atom. The van der Waals surface area contributed by atoms with Gasteiger partial charge in [-0.3, -0.25) is 9.69 Å². The van der Waals surface area contributed by atoms with Gasteiger partial charge in [-0.25, -0.2) is 0 Å². The third-order valence-electron chi connectivity index (χ3n) is 3.79. The average molecular weight is 287 g/mol. The lowest BCUT2D eigenvalue weighted by molar-refractivity contribution is 0.0368. The number of hydrogen-bond acceptors (Lipinski definition) is 4. The second kappa shape index (κ2) is 6.28. The highest BCUT2D eigenvalue weighted by molar-refractivity contribution is 5.83. The highest BCUT2D eigenvalue weighted by Gasteiger charge is 2.14. The Morgan fingerprint density at radius 2 is 2.10 bits per heavy atom. The Bertz CT molecular complexity index is 662. The molecule has 1 unspecified atom stereocenters. The van der Waals surface area contributed by atoms with E-state index in [0.717, 1.165) is 49.4 Å². The van der Waals surface area contributed by atoms with Crippen molar-refractivity contribution in [3.8, 4) is 0 Å². The maximum Gasteiger partial charge on any atom is 0.257 e. The predicted octanol–water partition coefficient (Wildman–Crippen LogP) is 1.66. The Hall–Kier alpha value is -1.85. The molecule has 2 heterocycles. The van der Waals surface area contributed by atoms with Gasteiger partial charge in [0.2, 0.25) is 0 Å². The third-order valence-corrected chi connectivity index (χ3v) is 3.79. The Kier molecular flexibility index (Phi) is 4.22. The summed E-state index contributed by atoms with van der Waals surface area (Å²) in [5, 5.41) is 5.07. The van der Waals surface area contributed by atoms with Gasteiger partial charge in [-0.2, -0.15) is 0 Å². The summed E-state index contributed by atoms with van der Waals surface area (Å²) in [5.74, 6) is 0.777. The maximum atomic E-state index is 12.0. The summed E-state index contributed by atoms with van der Waals surface area (Å²) in [6, 6.07) is 9.89. The highest BCUT2D eigenvalue weighted by Crippen LogP contribution is 2.13. The van der Waals surface area contributed by atoms with Gasteiger partial charge in [0.1, 0.15) is 5.82 Å². The Balaban J connectivity index is 1.70. The fourth-order valence-electron chi connectivity index (χ4n) is 2.77. The fourth-order valence-corrected chi connectivity index (χ4v) is 2.77.